The lowest BCUT2D eigenvalue weighted by molar-refractivity contribution is 0.410. The molecule has 0 aliphatic carbocycles. The molecule has 202 valence electrons. The van der Waals surface area contributed by atoms with E-state index in [1.54, 1.807) is 12.1 Å². The summed E-state index contributed by atoms with van der Waals surface area (Å²) in [6, 6.07) is 10.7. The molecule has 0 aliphatic rings. The summed E-state index contributed by atoms with van der Waals surface area (Å²) in [6.45, 7) is 0. The van der Waals surface area contributed by atoms with Crippen LogP contribution in [0.3, 0.4) is 0 Å². The topological polar surface area (TPSA) is 105 Å². The Morgan fingerprint density at radius 2 is 0.895 bits per heavy atom. The van der Waals surface area contributed by atoms with Gasteiger partial charge in [-0.25, -0.2) is 0 Å². The third kappa shape index (κ3) is 6.33. The van der Waals surface area contributed by atoms with Crippen molar-refractivity contribution in [2.45, 2.75) is 0 Å². The van der Waals surface area contributed by atoms with Crippen molar-refractivity contribution in [2.24, 2.45) is 0 Å². The predicted molar refractivity (Wildman–Crippen MR) is 182 cm³/mol. The third-order valence-electron chi connectivity index (χ3n) is 5.33. The molecule has 4 aromatic rings. The maximum absolute atomic E-state index is 12.3. The molecule has 0 unspecified atom stereocenters. The van der Waals surface area contributed by atoms with E-state index < -0.39 is 20.2 Å². The van der Waals surface area contributed by atoms with Crippen LogP contribution < -0.4 is 17.8 Å². The fourth-order valence-electron chi connectivity index (χ4n) is 4.11. The second kappa shape index (κ2) is 11.4. The standard InChI is InChI=1S/C24H18I4O8S2/c1-33-17-9-15(27)13-5-11(25)7-19(35-37(3,29)30)21(13)23(17)24-18(34-2)10-16(28)14-6-12(26)8-20(22(14)24)36-38(4,31)32/h5-10H,1-4H3. The van der Waals surface area contributed by atoms with Gasteiger partial charge in [-0.1, -0.05) is 0 Å². The first-order chi connectivity index (χ1) is 17.6. The van der Waals surface area contributed by atoms with Gasteiger partial charge in [0, 0.05) is 47.0 Å². The number of halogens is 4. The van der Waals surface area contributed by atoms with E-state index in [-0.39, 0.29) is 11.5 Å². The lowest BCUT2D eigenvalue weighted by Gasteiger charge is -2.22. The van der Waals surface area contributed by atoms with Gasteiger partial charge < -0.3 is 17.8 Å². The van der Waals surface area contributed by atoms with Gasteiger partial charge in [-0.2, -0.15) is 16.8 Å². The minimum atomic E-state index is -3.90. The van der Waals surface area contributed by atoms with Crippen LogP contribution in [-0.2, 0) is 20.2 Å². The fraction of sp³-hybridized carbons (Fsp3) is 0.167. The number of rotatable bonds is 7. The molecule has 0 radical (unpaired) electrons. The number of hydrogen-bond donors (Lipinski definition) is 0. The summed E-state index contributed by atoms with van der Waals surface area (Å²) in [5, 5.41) is 2.36. The summed E-state index contributed by atoms with van der Waals surface area (Å²) < 4.78 is 74.9. The smallest absolute Gasteiger partial charge is 0.306 e. The van der Waals surface area contributed by atoms with Crippen LogP contribution in [0.15, 0.2) is 36.4 Å². The highest BCUT2D eigenvalue weighted by Gasteiger charge is 2.27. The van der Waals surface area contributed by atoms with Gasteiger partial charge in [-0.15, -0.1) is 0 Å². The Bertz CT molecular complexity index is 1700. The molecule has 0 N–H and O–H groups in total. The minimum Gasteiger partial charge on any atom is -0.496 e. The normalized spacial score (nSPS) is 12.1. The van der Waals surface area contributed by atoms with Crippen LogP contribution in [0.4, 0.5) is 0 Å². The maximum atomic E-state index is 12.3. The van der Waals surface area contributed by atoms with Gasteiger partial charge in [0.25, 0.3) is 0 Å². The molecule has 0 saturated heterocycles. The SMILES string of the molecule is COc1cc(I)c2cc(I)cc(OS(C)(=O)=O)c2c1-c1c(OC)cc(I)c2cc(I)cc(OS(C)(=O)=O)c12. The minimum absolute atomic E-state index is 0.103. The average molecular weight is 1010 g/mol. The Kier molecular flexibility index (Phi) is 9.08. The number of benzene rings is 4. The van der Waals surface area contributed by atoms with E-state index >= 15 is 0 Å². The number of fused-ring (bicyclic) bond motifs is 2. The molecule has 0 spiro atoms. The highest BCUT2D eigenvalue weighted by molar-refractivity contribution is 14.1. The molecule has 8 nitrogen and oxygen atoms in total. The molecule has 0 fully saturated rings. The van der Waals surface area contributed by atoms with Crippen molar-refractivity contribution in [1.82, 2.24) is 0 Å². The lowest BCUT2D eigenvalue weighted by Crippen LogP contribution is -2.08. The molecule has 0 heterocycles. The maximum Gasteiger partial charge on any atom is 0.306 e. The van der Waals surface area contributed by atoms with E-state index in [2.05, 4.69) is 90.4 Å². The molecular weight excluding hydrogens is 988 g/mol. The van der Waals surface area contributed by atoms with E-state index in [9.17, 15) is 16.8 Å². The monoisotopic (exact) mass is 1010 g/mol. The van der Waals surface area contributed by atoms with Gasteiger partial charge in [0.1, 0.15) is 11.5 Å². The molecule has 0 atom stereocenters. The highest BCUT2D eigenvalue weighted by Crippen LogP contribution is 2.52. The van der Waals surface area contributed by atoms with Gasteiger partial charge in [0.05, 0.1) is 26.7 Å². The number of methoxy groups -OCH3 is 2. The van der Waals surface area contributed by atoms with Gasteiger partial charge >= 0.3 is 20.2 Å². The largest absolute Gasteiger partial charge is 0.496 e. The van der Waals surface area contributed by atoms with Crippen molar-refractivity contribution in [3.05, 3.63) is 50.7 Å². The van der Waals surface area contributed by atoms with Crippen molar-refractivity contribution in [2.75, 3.05) is 26.7 Å². The van der Waals surface area contributed by atoms with Crippen molar-refractivity contribution < 1.29 is 34.7 Å². The van der Waals surface area contributed by atoms with Crippen LogP contribution in [0.5, 0.6) is 23.0 Å². The van der Waals surface area contributed by atoms with Crippen molar-refractivity contribution in [3.63, 3.8) is 0 Å². The zero-order chi connectivity index (χ0) is 28.2. The number of hydrogen-bond acceptors (Lipinski definition) is 8. The number of ether oxygens (including phenoxy) is 2. The fourth-order valence-corrected chi connectivity index (χ4v) is 7.63. The molecule has 0 amide bonds. The molecule has 0 bridgehead atoms. The Morgan fingerprint density at radius 1 is 0.553 bits per heavy atom. The predicted octanol–water partition coefficient (Wildman–Crippen LogP) is 6.77. The lowest BCUT2D eigenvalue weighted by atomic mass is 9.91. The van der Waals surface area contributed by atoms with Gasteiger partial charge in [-0.3, -0.25) is 0 Å². The second-order valence-electron chi connectivity index (χ2n) is 8.10. The van der Waals surface area contributed by atoms with Crippen molar-refractivity contribution in [1.29, 1.82) is 0 Å². The Labute approximate surface area is 274 Å². The molecule has 4 aromatic carbocycles. The average Bonchev–Trinajstić information content (AvgIpc) is 2.77. The Balaban J connectivity index is 2.36. The summed E-state index contributed by atoms with van der Waals surface area (Å²) in [6.07, 6.45) is 1.95. The zero-order valence-electron chi connectivity index (χ0n) is 20.1. The van der Waals surface area contributed by atoms with Crippen LogP contribution in [0.1, 0.15) is 0 Å². The van der Waals surface area contributed by atoms with Crippen LogP contribution in [0, 0.1) is 14.3 Å². The van der Waals surface area contributed by atoms with E-state index in [1.165, 1.54) is 14.2 Å². The Morgan fingerprint density at radius 3 is 1.18 bits per heavy atom. The van der Waals surface area contributed by atoms with Crippen LogP contribution in [-0.4, -0.2) is 43.6 Å². The molecule has 0 aliphatic heterocycles. The molecule has 0 aromatic heterocycles. The zero-order valence-corrected chi connectivity index (χ0v) is 30.3. The van der Waals surface area contributed by atoms with E-state index in [0.717, 1.165) is 37.6 Å². The molecule has 0 saturated carbocycles. The van der Waals surface area contributed by atoms with Crippen LogP contribution in [0.25, 0.3) is 32.7 Å². The van der Waals surface area contributed by atoms with Gasteiger partial charge in [-0.05, 0) is 127 Å². The van der Waals surface area contributed by atoms with Crippen LogP contribution >= 0.6 is 90.4 Å². The summed E-state index contributed by atoms with van der Waals surface area (Å²) in [7, 11) is -4.80. The van der Waals surface area contributed by atoms with Gasteiger partial charge in [0.2, 0.25) is 0 Å². The van der Waals surface area contributed by atoms with Gasteiger partial charge in [0.15, 0.2) is 11.5 Å². The molecule has 14 heteroatoms. The molecule has 38 heavy (non-hydrogen) atoms. The van der Waals surface area contributed by atoms with Crippen molar-refractivity contribution in [3.8, 4) is 34.1 Å². The molecule has 4 rings (SSSR count). The van der Waals surface area contributed by atoms with Crippen molar-refractivity contribution >= 4 is 132 Å². The van der Waals surface area contributed by atoms with E-state index in [0.29, 0.717) is 33.4 Å². The van der Waals surface area contributed by atoms with Crippen LogP contribution in [0.2, 0.25) is 0 Å². The quantitative estimate of drug-likeness (QED) is 0.148. The third-order valence-corrected chi connectivity index (χ3v) is 9.32. The first-order valence-corrected chi connectivity index (χ1v) is 18.4. The Hall–Kier alpha value is -0.580. The second-order valence-corrected chi connectivity index (χ2v) is 16.1. The summed E-state index contributed by atoms with van der Waals surface area (Å²) in [4.78, 5) is 0. The van der Waals surface area contributed by atoms with E-state index in [4.69, 9.17) is 17.8 Å². The highest BCUT2D eigenvalue weighted by atomic mass is 127. The summed E-state index contributed by atoms with van der Waals surface area (Å²) in [5.74, 6) is 1.02. The first-order valence-electron chi connectivity index (χ1n) is 10.4. The summed E-state index contributed by atoms with van der Waals surface area (Å²) >= 11 is 8.52. The first kappa shape index (κ1) is 30.4. The molecular formula is C24H18I4O8S2. The summed E-state index contributed by atoms with van der Waals surface area (Å²) in [5.41, 5.74) is 0.937. The van der Waals surface area contributed by atoms with E-state index in [1.807, 2.05) is 24.3 Å².